The number of fused-ring (bicyclic) bond motifs is 1. The number of rotatable bonds is 0. The largest absolute Gasteiger partial charge is 0.398 e. The number of ketones is 1. The number of carbonyl (C=O) groups is 1. The van der Waals surface area contributed by atoms with Crippen molar-refractivity contribution in [2.24, 2.45) is 5.92 Å². The van der Waals surface area contributed by atoms with E-state index in [9.17, 15) is 18.0 Å². The van der Waals surface area contributed by atoms with Gasteiger partial charge in [-0.1, -0.05) is 24.3 Å². The lowest BCUT2D eigenvalue weighted by atomic mass is 9.82. The lowest BCUT2D eigenvalue weighted by molar-refractivity contribution is -0.162. The summed E-state index contributed by atoms with van der Waals surface area (Å²) < 4.78 is 37.4. The van der Waals surface area contributed by atoms with Crippen molar-refractivity contribution in [3.05, 3.63) is 35.4 Å². The van der Waals surface area contributed by atoms with Gasteiger partial charge >= 0.3 is 6.18 Å². The van der Waals surface area contributed by atoms with Crippen molar-refractivity contribution in [3.63, 3.8) is 0 Å². The van der Waals surface area contributed by atoms with Crippen LogP contribution in [0.5, 0.6) is 0 Å². The Bertz CT molecular complexity index is 395. The fraction of sp³-hybridized carbons (Fsp3) is 0.364. The minimum Gasteiger partial charge on any atom is -0.293 e. The van der Waals surface area contributed by atoms with E-state index in [0.717, 1.165) is 5.56 Å². The SMILES string of the molecule is O=C1c2ccccc2CCC1C(F)(F)F. The molecule has 1 unspecified atom stereocenters. The molecule has 1 aromatic rings. The van der Waals surface area contributed by atoms with Gasteiger partial charge in [-0.2, -0.15) is 13.2 Å². The molecule has 1 aromatic carbocycles. The van der Waals surface area contributed by atoms with Crippen molar-refractivity contribution in [1.82, 2.24) is 0 Å². The van der Waals surface area contributed by atoms with E-state index in [1.165, 1.54) is 6.07 Å². The third-order valence-electron chi connectivity index (χ3n) is 2.70. The first-order valence-electron chi connectivity index (χ1n) is 4.69. The van der Waals surface area contributed by atoms with Gasteiger partial charge in [0.25, 0.3) is 0 Å². The zero-order valence-corrected chi connectivity index (χ0v) is 7.84. The molecule has 0 aromatic heterocycles. The van der Waals surface area contributed by atoms with E-state index in [-0.39, 0.29) is 12.0 Å². The fourth-order valence-electron chi connectivity index (χ4n) is 1.91. The number of aryl methyl sites for hydroxylation is 1. The van der Waals surface area contributed by atoms with Crippen molar-refractivity contribution >= 4 is 5.78 Å². The Labute approximate surface area is 84.9 Å². The lowest BCUT2D eigenvalue weighted by Gasteiger charge is -2.24. The fourth-order valence-corrected chi connectivity index (χ4v) is 1.91. The average Bonchev–Trinajstić information content (AvgIpc) is 2.16. The van der Waals surface area contributed by atoms with E-state index in [1.54, 1.807) is 18.2 Å². The molecule has 1 aliphatic carbocycles. The van der Waals surface area contributed by atoms with E-state index in [4.69, 9.17) is 0 Å². The first-order valence-corrected chi connectivity index (χ1v) is 4.69. The first-order chi connectivity index (χ1) is 7.00. The number of hydrogen-bond acceptors (Lipinski definition) is 1. The van der Waals surface area contributed by atoms with Gasteiger partial charge in [0, 0.05) is 5.56 Å². The number of benzene rings is 1. The summed E-state index contributed by atoms with van der Waals surface area (Å²) in [6, 6.07) is 6.50. The van der Waals surface area contributed by atoms with Gasteiger partial charge in [0.2, 0.25) is 0 Å². The summed E-state index contributed by atoms with van der Waals surface area (Å²) in [4.78, 5) is 11.5. The molecule has 0 saturated heterocycles. The minimum atomic E-state index is -4.41. The maximum Gasteiger partial charge on any atom is 0.398 e. The van der Waals surface area contributed by atoms with Crippen LogP contribution in [-0.4, -0.2) is 12.0 Å². The van der Waals surface area contributed by atoms with Crippen LogP contribution in [0.25, 0.3) is 0 Å². The highest BCUT2D eigenvalue weighted by molar-refractivity contribution is 6.00. The molecule has 1 nitrogen and oxygen atoms in total. The molecular weight excluding hydrogens is 205 g/mol. The van der Waals surface area contributed by atoms with Crippen LogP contribution in [0.2, 0.25) is 0 Å². The van der Waals surface area contributed by atoms with E-state index in [2.05, 4.69) is 0 Å². The Balaban J connectivity index is 2.38. The molecule has 0 amide bonds. The number of halogens is 3. The molecule has 15 heavy (non-hydrogen) atoms. The molecule has 0 bridgehead atoms. The number of Topliss-reactive ketones (excluding diaryl/α,β-unsaturated/α-hetero) is 1. The summed E-state index contributed by atoms with van der Waals surface area (Å²) in [5.41, 5.74) is 0.953. The van der Waals surface area contributed by atoms with E-state index in [1.807, 2.05) is 0 Å². The summed E-state index contributed by atoms with van der Waals surface area (Å²) in [5, 5.41) is 0. The lowest BCUT2D eigenvalue weighted by Crippen LogP contribution is -2.34. The molecule has 0 heterocycles. The van der Waals surface area contributed by atoms with Gasteiger partial charge in [-0.15, -0.1) is 0 Å². The predicted octanol–water partition coefficient (Wildman–Crippen LogP) is 2.99. The van der Waals surface area contributed by atoms with Gasteiger partial charge in [-0.25, -0.2) is 0 Å². The second-order valence-electron chi connectivity index (χ2n) is 3.65. The first kappa shape index (κ1) is 10.2. The molecule has 2 rings (SSSR count). The van der Waals surface area contributed by atoms with Gasteiger partial charge in [-0.3, -0.25) is 4.79 Å². The zero-order valence-electron chi connectivity index (χ0n) is 7.84. The van der Waals surface area contributed by atoms with Gasteiger partial charge in [0.1, 0.15) is 5.92 Å². The van der Waals surface area contributed by atoms with Gasteiger partial charge in [0.15, 0.2) is 5.78 Å². The highest BCUT2D eigenvalue weighted by Gasteiger charge is 2.46. The molecule has 0 fully saturated rings. The smallest absolute Gasteiger partial charge is 0.293 e. The van der Waals surface area contributed by atoms with Crippen LogP contribution in [0.4, 0.5) is 13.2 Å². The third kappa shape index (κ3) is 1.76. The van der Waals surface area contributed by atoms with Crippen LogP contribution in [0.3, 0.4) is 0 Å². The normalized spacial score (nSPS) is 21.3. The summed E-state index contributed by atoms with van der Waals surface area (Å²) >= 11 is 0. The average molecular weight is 214 g/mol. The molecule has 0 aliphatic heterocycles. The van der Waals surface area contributed by atoms with Crippen molar-refractivity contribution in [3.8, 4) is 0 Å². The second kappa shape index (κ2) is 3.36. The van der Waals surface area contributed by atoms with Crippen molar-refractivity contribution in [1.29, 1.82) is 0 Å². The molecule has 0 N–H and O–H groups in total. The standard InChI is InChI=1S/C11H9F3O/c12-11(13,14)9-6-5-7-3-1-2-4-8(7)10(9)15/h1-4,9H,5-6H2. The Kier molecular flexibility index (Phi) is 2.29. The van der Waals surface area contributed by atoms with Crippen molar-refractivity contribution in [2.75, 3.05) is 0 Å². The molecule has 0 saturated carbocycles. The molecule has 1 aliphatic rings. The van der Waals surface area contributed by atoms with Gasteiger partial charge < -0.3 is 0 Å². The van der Waals surface area contributed by atoms with Crippen LogP contribution < -0.4 is 0 Å². The second-order valence-corrected chi connectivity index (χ2v) is 3.65. The summed E-state index contributed by atoms with van der Waals surface area (Å²) in [6.07, 6.45) is -4.21. The molecule has 4 heteroatoms. The summed E-state index contributed by atoms with van der Waals surface area (Å²) in [7, 11) is 0. The Morgan fingerprint density at radius 2 is 1.87 bits per heavy atom. The third-order valence-corrected chi connectivity index (χ3v) is 2.70. The molecule has 0 spiro atoms. The van der Waals surface area contributed by atoms with Crippen molar-refractivity contribution < 1.29 is 18.0 Å². The molecular formula is C11H9F3O. The Morgan fingerprint density at radius 1 is 1.20 bits per heavy atom. The van der Waals surface area contributed by atoms with Crippen LogP contribution in [-0.2, 0) is 6.42 Å². The maximum absolute atomic E-state index is 12.5. The quantitative estimate of drug-likeness (QED) is 0.648. The molecule has 0 radical (unpaired) electrons. The molecule has 80 valence electrons. The zero-order chi connectivity index (χ0) is 11.1. The van der Waals surface area contributed by atoms with E-state index < -0.39 is 17.9 Å². The number of hydrogen-bond donors (Lipinski definition) is 0. The maximum atomic E-state index is 12.5. The topological polar surface area (TPSA) is 17.1 Å². The Hall–Kier alpha value is -1.32. The highest BCUT2D eigenvalue weighted by atomic mass is 19.4. The summed E-state index contributed by atoms with van der Waals surface area (Å²) in [5.74, 6) is -2.60. The Morgan fingerprint density at radius 3 is 2.53 bits per heavy atom. The number of carbonyl (C=O) groups excluding carboxylic acids is 1. The molecule has 1 atom stereocenters. The number of alkyl halides is 3. The van der Waals surface area contributed by atoms with Gasteiger partial charge in [-0.05, 0) is 18.4 Å². The predicted molar refractivity (Wildman–Crippen MR) is 48.6 cm³/mol. The van der Waals surface area contributed by atoms with E-state index in [0.29, 0.717) is 6.42 Å². The van der Waals surface area contributed by atoms with Crippen LogP contribution in [0, 0.1) is 5.92 Å². The minimum absolute atomic E-state index is 0.126. The van der Waals surface area contributed by atoms with Crippen molar-refractivity contribution in [2.45, 2.75) is 19.0 Å². The highest BCUT2D eigenvalue weighted by Crippen LogP contribution is 2.36. The van der Waals surface area contributed by atoms with Crippen LogP contribution in [0.15, 0.2) is 24.3 Å². The van der Waals surface area contributed by atoms with E-state index >= 15 is 0 Å². The van der Waals surface area contributed by atoms with Crippen LogP contribution in [0.1, 0.15) is 22.3 Å². The van der Waals surface area contributed by atoms with Crippen LogP contribution >= 0.6 is 0 Å². The van der Waals surface area contributed by atoms with Gasteiger partial charge in [0.05, 0.1) is 0 Å². The summed E-state index contributed by atoms with van der Waals surface area (Å²) in [6.45, 7) is 0. The monoisotopic (exact) mass is 214 g/mol.